The van der Waals surface area contributed by atoms with E-state index in [9.17, 15) is 14.4 Å². The summed E-state index contributed by atoms with van der Waals surface area (Å²) < 4.78 is 16.6. The van der Waals surface area contributed by atoms with Crippen molar-refractivity contribution in [1.29, 1.82) is 0 Å². The Bertz CT molecular complexity index is 1110. The van der Waals surface area contributed by atoms with Gasteiger partial charge in [-0.2, -0.15) is 0 Å². The van der Waals surface area contributed by atoms with E-state index in [0.717, 1.165) is 83.5 Å². The molecule has 0 N–H and O–H groups in total. The molecule has 0 aliphatic rings. The lowest BCUT2D eigenvalue weighted by molar-refractivity contribution is -0.166. The molecular formula is C52H88O6. The molecule has 6 heteroatoms. The Morgan fingerprint density at radius 2 is 0.707 bits per heavy atom. The minimum absolute atomic E-state index is 0.107. The third-order valence-electron chi connectivity index (χ3n) is 9.96. The second-order valence-corrected chi connectivity index (χ2v) is 15.6. The molecule has 6 nitrogen and oxygen atoms in total. The van der Waals surface area contributed by atoms with Crippen molar-refractivity contribution in [2.45, 2.75) is 226 Å². The summed E-state index contributed by atoms with van der Waals surface area (Å²) in [5.41, 5.74) is 0. The van der Waals surface area contributed by atoms with E-state index in [-0.39, 0.29) is 37.5 Å². The molecule has 0 aromatic rings. The van der Waals surface area contributed by atoms with Crippen molar-refractivity contribution in [3.8, 4) is 0 Å². The number of unbranched alkanes of at least 4 members (excludes halogenated alkanes) is 19. The number of allylic oxidation sites excluding steroid dienone is 12. The molecule has 0 fully saturated rings. The molecule has 332 valence electrons. The summed E-state index contributed by atoms with van der Waals surface area (Å²) in [6.45, 7) is 6.42. The highest BCUT2D eigenvalue weighted by Gasteiger charge is 2.19. The summed E-state index contributed by atoms with van der Waals surface area (Å²) in [6.07, 6.45) is 57.5. The number of hydrogen-bond acceptors (Lipinski definition) is 6. The normalized spacial score (nSPS) is 12.7. The van der Waals surface area contributed by atoms with Gasteiger partial charge in [-0.05, 0) is 77.0 Å². The lowest BCUT2D eigenvalue weighted by atomic mass is 10.1. The molecule has 0 aliphatic heterocycles. The van der Waals surface area contributed by atoms with Gasteiger partial charge < -0.3 is 14.2 Å². The van der Waals surface area contributed by atoms with Gasteiger partial charge in [0.25, 0.3) is 0 Å². The largest absolute Gasteiger partial charge is 0.462 e. The van der Waals surface area contributed by atoms with Gasteiger partial charge in [0.2, 0.25) is 0 Å². The lowest BCUT2D eigenvalue weighted by Gasteiger charge is -2.18. The van der Waals surface area contributed by atoms with Gasteiger partial charge >= 0.3 is 17.9 Å². The van der Waals surface area contributed by atoms with Gasteiger partial charge in [0.1, 0.15) is 13.2 Å². The molecule has 0 aliphatic carbocycles. The topological polar surface area (TPSA) is 78.9 Å². The first-order chi connectivity index (χ1) is 28.5. The van der Waals surface area contributed by atoms with E-state index < -0.39 is 6.10 Å². The first-order valence-electron chi connectivity index (χ1n) is 23.9. The SMILES string of the molecule is CC/C=C\C/C=C\C/C=C\C/C=C\CCCCCC(=O)OCC(COC(=O)CCCCCCCCCCCCC)OC(=O)CC/C=C\C/C=C\CCCCCCCC. The Kier molecular flexibility index (Phi) is 44.0. The van der Waals surface area contributed by atoms with Crippen LogP contribution in [0.3, 0.4) is 0 Å². The van der Waals surface area contributed by atoms with Crippen molar-refractivity contribution >= 4 is 17.9 Å². The van der Waals surface area contributed by atoms with Crippen LogP contribution in [0.1, 0.15) is 220 Å². The predicted octanol–water partition coefficient (Wildman–Crippen LogP) is 15.5. The molecule has 0 heterocycles. The third kappa shape index (κ3) is 44.0. The number of hydrogen-bond donors (Lipinski definition) is 0. The highest BCUT2D eigenvalue weighted by molar-refractivity contribution is 5.71. The first kappa shape index (κ1) is 54.9. The van der Waals surface area contributed by atoms with E-state index in [2.05, 4.69) is 87.6 Å². The maximum Gasteiger partial charge on any atom is 0.306 e. The molecular weight excluding hydrogens is 721 g/mol. The smallest absolute Gasteiger partial charge is 0.306 e. The van der Waals surface area contributed by atoms with Gasteiger partial charge in [0.05, 0.1) is 0 Å². The van der Waals surface area contributed by atoms with Crippen molar-refractivity contribution in [1.82, 2.24) is 0 Å². The highest BCUT2D eigenvalue weighted by atomic mass is 16.6. The second kappa shape index (κ2) is 46.5. The van der Waals surface area contributed by atoms with Crippen LogP contribution in [-0.4, -0.2) is 37.2 Å². The zero-order valence-electron chi connectivity index (χ0n) is 37.8. The van der Waals surface area contributed by atoms with E-state index in [1.807, 2.05) is 6.08 Å². The number of carbonyl (C=O) groups excluding carboxylic acids is 3. The van der Waals surface area contributed by atoms with Crippen LogP contribution in [0.25, 0.3) is 0 Å². The van der Waals surface area contributed by atoms with Gasteiger partial charge in [0.15, 0.2) is 6.10 Å². The number of rotatable bonds is 42. The Balaban J connectivity index is 4.50. The van der Waals surface area contributed by atoms with Gasteiger partial charge in [-0.3, -0.25) is 14.4 Å². The van der Waals surface area contributed by atoms with Gasteiger partial charge in [-0.15, -0.1) is 0 Å². The minimum atomic E-state index is -0.815. The van der Waals surface area contributed by atoms with Crippen LogP contribution in [0.4, 0.5) is 0 Å². The number of carbonyl (C=O) groups is 3. The first-order valence-corrected chi connectivity index (χ1v) is 23.9. The monoisotopic (exact) mass is 809 g/mol. The van der Waals surface area contributed by atoms with Gasteiger partial charge in [-0.1, -0.05) is 196 Å². The van der Waals surface area contributed by atoms with E-state index in [1.165, 1.54) is 89.9 Å². The summed E-state index contributed by atoms with van der Waals surface area (Å²) in [7, 11) is 0. The van der Waals surface area contributed by atoms with Crippen molar-refractivity contribution in [3.63, 3.8) is 0 Å². The minimum Gasteiger partial charge on any atom is -0.462 e. The van der Waals surface area contributed by atoms with E-state index in [4.69, 9.17) is 14.2 Å². The molecule has 58 heavy (non-hydrogen) atoms. The summed E-state index contributed by atoms with van der Waals surface area (Å²) in [5.74, 6) is -1.01. The summed E-state index contributed by atoms with van der Waals surface area (Å²) in [4.78, 5) is 37.8. The van der Waals surface area contributed by atoms with Crippen LogP contribution in [0.2, 0.25) is 0 Å². The van der Waals surface area contributed by atoms with Crippen LogP contribution < -0.4 is 0 Å². The molecule has 0 bridgehead atoms. The van der Waals surface area contributed by atoms with E-state index in [0.29, 0.717) is 19.3 Å². The van der Waals surface area contributed by atoms with Crippen LogP contribution in [0.5, 0.6) is 0 Å². The summed E-state index contributed by atoms with van der Waals surface area (Å²) >= 11 is 0. The molecule has 0 radical (unpaired) electrons. The van der Waals surface area contributed by atoms with E-state index >= 15 is 0 Å². The Hall–Kier alpha value is -3.15. The molecule has 0 rings (SSSR count). The molecule has 0 aromatic carbocycles. The zero-order valence-corrected chi connectivity index (χ0v) is 37.8. The van der Waals surface area contributed by atoms with E-state index in [1.54, 1.807) is 0 Å². The Morgan fingerprint density at radius 1 is 0.362 bits per heavy atom. The average Bonchev–Trinajstić information content (AvgIpc) is 3.22. The fourth-order valence-corrected chi connectivity index (χ4v) is 6.37. The van der Waals surface area contributed by atoms with Crippen LogP contribution in [0, 0.1) is 0 Å². The number of esters is 3. The van der Waals surface area contributed by atoms with Gasteiger partial charge in [0, 0.05) is 19.3 Å². The quantitative estimate of drug-likeness (QED) is 0.0264. The number of ether oxygens (including phenoxy) is 3. The predicted molar refractivity (Wildman–Crippen MR) is 247 cm³/mol. The summed E-state index contributed by atoms with van der Waals surface area (Å²) in [5, 5.41) is 0. The Morgan fingerprint density at radius 3 is 1.14 bits per heavy atom. The standard InChI is InChI=1S/C52H88O6/c1-4-7-10-13-16-19-22-24-25-26-28-30-33-36-39-42-45-51(54)57-48-49(47-56-50(53)44-41-38-35-32-29-21-18-15-12-9-6-3)58-52(55)46-43-40-37-34-31-27-23-20-17-14-11-8-5-2/h7,10,16,19,24-25,27-28,30-31,37,40,49H,4-6,8-9,11-15,17-18,20-23,26,29,32-36,38-39,41-48H2,1-3H3/b10-7-,19-16-,25-24-,30-28-,31-27-,40-37-. The maximum absolute atomic E-state index is 12.7. The van der Waals surface area contributed by atoms with Crippen molar-refractivity contribution in [3.05, 3.63) is 72.9 Å². The van der Waals surface area contributed by atoms with Crippen LogP contribution in [-0.2, 0) is 28.6 Å². The fraction of sp³-hybridized carbons (Fsp3) is 0.712. The fourth-order valence-electron chi connectivity index (χ4n) is 6.37. The van der Waals surface area contributed by atoms with Crippen LogP contribution >= 0.6 is 0 Å². The zero-order chi connectivity index (χ0) is 42.3. The summed E-state index contributed by atoms with van der Waals surface area (Å²) in [6, 6.07) is 0. The van der Waals surface area contributed by atoms with Crippen molar-refractivity contribution in [2.75, 3.05) is 13.2 Å². The molecule has 0 spiro atoms. The van der Waals surface area contributed by atoms with Crippen molar-refractivity contribution in [2.24, 2.45) is 0 Å². The average molecular weight is 809 g/mol. The molecule has 0 aromatic heterocycles. The van der Waals surface area contributed by atoms with Crippen molar-refractivity contribution < 1.29 is 28.6 Å². The molecule has 1 atom stereocenters. The molecule has 0 saturated carbocycles. The van der Waals surface area contributed by atoms with Gasteiger partial charge in [-0.25, -0.2) is 0 Å². The molecule has 1 unspecified atom stereocenters. The third-order valence-corrected chi connectivity index (χ3v) is 9.96. The lowest BCUT2D eigenvalue weighted by Crippen LogP contribution is -2.30. The molecule has 0 amide bonds. The Labute approximate surface area is 357 Å². The molecule has 0 saturated heterocycles. The maximum atomic E-state index is 12.7. The highest BCUT2D eigenvalue weighted by Crippen LogP contribution is 2.13. The second-order valence-electron chi connectivity index (χ2n) is 15.6. The van der Waals surface area contributed by atoms with Crippen LogP contribution in [0.15, 0.2) is 72.9 Å².